The second-order valence-corrected chi connectivity index (χ2v) is 14.3. The molecule has 274 valence electrons. The van der Waals surface area contributed by atoms with E-state index in [9.17, 15) is 9.59 Å². The van der Waals surface area contributed by atoms with Gasteiger partial charge in [0.05, 0.1) is 0 Å². The third-order valence-corrected chi connectivity index (χ3v) is 9.92. The number of hydrogen-bond acceptors (Lipinski definition) is 4. The minimum atomic E-state index is -0.557. The van der Waals surface area contributed by atoms with Crippen molar-refractivity contribution in [1.29, 1.82) is 0 Å². The largest absolute Gasteiger partial charge is 0.366 e. The average molecular weight is 683 g/mol. The van der Waals surface area contributed by atoms with E-state index >= 15 is 0 Å². The van der Waals surface area contributed by atoms with Gasteiger partial charge in [0.25, 0.3) is 5.91 Å². The van der Waals surface area contributed by atoms with Crippen LogP contribution in [0, 0.1) is 0 Å². The zero-order valence-corrected chi connectivity index (χ0v) is 31.2. The van der Waals surface area contributed by atoms with Crippen LogP contribution in [-0.4, -0.2) is 23.9 Å². The molecule has 0 radical (unpaired) electrons. The second kappa shape index (κ2) is 23.8. The van der Waals surface area contributed by atoms with E-state index in [1.54, 1.807) is 29.2 Å². The highest BCUT2D eigenvalue weighted by Gasteiger charge is 2.21. The standard InChI is InChI=1S/C44H66N4O2/c1-3-5-7-9-11-13-22-39(45)24-15-18-35-26-30-41(31-27-35)48(44(50)38-21-17-20-37(34-38)43(47)49)42-32-28-36(29-33-42)19-16-25-40(46)23-14-12-10-8-6-4-2/h17,20-21,26-34,39-40H,3-16,18-19,22-25,45-46H2,1-2H3,(H2,47,49). The maximum Gasteiger partial charge on any atom is 0.262 e. The molecule has 0 saturated heterocycles. The van der Waals surface area contributed by atoms with Crippen LogP contribution in [0.25, 0.3) is 0 Å². The van der Waals surface area contributed by atoms with Gasteiger partial charge in [0, 0.05) is 34.6 Å². The first-order valence-electron chi connectivity index (χ1n) is 19.8. The van der Waals surface area contributed by atoms with E-state index in [2.05, 4.69) is 38.1 Å². The van der Waals surface area contributed by atoms with E-state index in [0.29, 0.717) is 11.1 Å². The quantitative estimate of drug-likeness (QED) is 0.0731. The minimum absolute atomic E-state index is 0.213. The minimum Gasteiger partial charge on any atom is -0.366 e. The molecule has 0 aliphatic heterocycles. The van der Waals surface area contributed by atoms with Crippen LogP contribution in [-0.2, 0) is 12.8 Å². The summed E-state index contributed by atoms with van der Waals surface area (Å²) >= 11 is 0. The van der Waals surface area contributed by atoms with Crippen molar-refractivity contribution in [2.75, 3.05) is 4.90 Å². The molecule has 0 bridgehead atoms. The third-order valence-electron chi connectivity index (χ3n) is 9.92. The molecular weight excluding hydrogens is 617 g/mol. The Morgan fingerprint density at radius 1 is 0.540 bits per heavy atom. The summed E-state index contributed by atoms with van der Waals surface area (Å²) in [4.78, 5) is 27.7. The van der Waals surface area contributed by atoms with E-state index in [-0.39, 0.29) is 18.0 Å². The summed E-state index contributed by atoms with van der Waals surface area (Å²) in [6.45, 7) is 4.50. The Labute approximate surface area is 303 Å². The number of anilines is 2. The van der Waals surface area contributed by atoms with E-state index in [0.717, 1.165) is 62.7 Å². The molecule has 2 unspecified atom stereocenters. The van der Waals surface area contributed by atoms with Gasteiger partial charge in [-0.15, -0.1) is 0 Å². The lowest BCUT2D eigenvalue weighted by molar-refractivity contribution is 0.0998. The summed E-state index contributed by atoms with van der Waals surface area (Å²) in [5.41, 5.74) is 23.1. The summed E-state index contributed by atoms with van der Waals surface area (Å²) in [5, 5.41) is 0. The van der Waals surface area contributed by atoms with Crippen molar-refractivity contribution in [3.8, 4) is 0 Å². The Kier molecular flexibility index (Phi) is 19.5. The molecule has 3 aromatic carbocycles. The molecule has 0 saturated carbocycles. The zero-order chi connectivity index (χ0) is 36.0. The molecule has 2 amide bonds. The Bertz CT molecular complexity index is 1300. The van der Waals surface area contributed by atoms with Gasteiger partial charge >= 0.3 is 0 Å². The number of carbonyl (C=O) groups is 2. The lowest BCUT2D eigenvalue weighted by atomic mass is 9.99. The summed E-state index contributed by atoms with van der Waals surface area (Å²) in [7, 11) is 0. The van der Waals surface area contributed by atoms with Gasteiger partial charge in [-0.1, -0.05) is 121 Å². The first-order valence-corrected chi connectivity index (χ1v) is 19.8. The third kappa shape index (κ3) is 15.2. The van der Waals surface area contributed by atoms with Crippen molar-refractivity contribution >= 4 is 23.2 Å². The van der Waals surface area contributed by atoms with Crippen LogP contribution in [0.4, 0.5) is 11.4 Å². The fraction of sp³-hybridized carbons (Fsp3) is 0.545. The molecule has 6 heteroatoms. The zero-order valence-electron chi connectivity index (χ0n) is 31.2. The molecule has 0 aliphatic carbocycles. The molecule has 0 aromatic heterocycles. The van der Waals surface area contributed by atoms with E-state index in [1.165, 1.54) is 88.2 Å². The van der Waals surface area contributed by atoms with Crippen LogP contribution in [0.2, 0.25) is 0 Å². The molecule has 0 fully saturated rings. The first-order chi connectivity index (χ1) is 24.3. The Morgan fingerprint density at radius 2 is 0.940 bits per heavy atom. The van der Waals surface area contributed by atoms with Crippen molar-refractivity contribution in [3.05, 3.63) is 95.1 Å². The molecule has 0 aliphatic rings. The topological polar surface area (TPSA) is 115 Å². The number of carbonyl (C=O) groups excluding carboxylic acids is 2. The van der Waals surface area contributed by atoms with Crippen LogP contribution in [0.15, 0.2) is 72.8 Å². The van der Waals surface area contributed by atoms with Crippen LogP contribution in [0.5, 0.6) is 0 Å². The summed E-state index contributed by atoms with van der Waals surface area (Å²) in [5.74, 6) is -0.770. The van der Waals surface area contributed by atoms with Gasteiger partial charge in [-0.2, -0.15) is 0 Å². The van der Waals surface area contributed by atoms with Crippen molar-refractivity contribution in [2.45, 2.75) is 154 Å². The van der Waals surface area contributed by atoms with Crippen molar-refractivity contribution < 1.29 is 9.59 Å². The number of benzene rings is 3. The van der Waals surface area contributed by atoms with E-state index in [1.807, 2.05) is 24.3 Å². The number of primary amides is 1. The van der Waals surface area contributed by atoms with Gasteiger partial charge in [0.15, 0.2) is 0 Å². The number of unbranched alkanes of at least 4 members (excludes halogenated alkanes) is 10. The highest BCUT2D eigenvalue weighted by atomic mass is 16.2. The Hall–Kier alpha value is -3.48. The second-order valence-electron chi connectivity index (χ2n) is 14.3. The maximum atomic E-state index is 14.1. The molecule has 3 rings (SSSR count). The van der Waals surface area contributed by atoms with Gasteiger partial charge in [-0.3, -0.25) is 14.5 Å². The van der Waals surface area contributed by atoms with Crippen LogP contribution in [0.3, 0.4) is 0 Å². The highest BCUT2D eigenvalue weighted by molar-refractivity contribution is 6.11. The molecule has 6 nitrogen and oxygen atoms in total. The lowest BCUT2D eigenvalue weighted by Crippen LogP contribution is -2.26. The first kappa shape index (κ1) is 40.9. The fourth-order valence-electron chi connectivity index (χ4n) is 6.74. The van der Waals surface area contributed by atoms with E-state index in [4.69, 9.17) is 17.2 Å². The lowest BCUT2D eigenvalue weighted by Gasteiger charge is -2.24. The van der Waals surface area contributed by atoms with Gasteiger partial charge in [-0.05, 0) is 105 Å². The van der Waals surface area contributed by atoms with Crippen LogP contribution >= 0.6 is 0 Å². The van der Waals surface area contributed by atoms with E-state index < -0.39 is 5.91 Å². The van der Waals surface area contributed by atoms with Crippen LogP contribution < -0.4 is 22.1 Å². The van der Waals surface area contributed by atoms with Gasteiger partial charge in [-0.25, -0.2) is 0 Å². The van der Waals surface area contributed by atoms with Gasteiger partial charge in [0.1, 0.15) is 0 Å². The molecule has 6 N–H and O–H groups in total. The van der Waals surface area contributed by atoms with Crippen molar-refractivity contribution in [3.63, 3.8) is 0 Å². The molecule has 50 heavy (non-hydrogen) atoms. The summed E-state index contributed by atoms with van der Waals surface area (Å²) in [6.07, 6.45) is 23.8. The van der Waals surface area contributed by atoms with Gasteiger partial charge < -0.3 is 17.2 Å². The molecular formula is C44H66N4O2. The number of nitrogens with two attached hydrogens (primary N) is 3. The average Bonchev–Trinajstić information content (AvgIpc) is 3.12. The molecule has 2 atom stereocenters. The summed E-state index contributed by atoms with van der Waals surface area (Å²) in [6, 6.07) is 23.6. The Morgan fingerprint density at radius 3 is 1.38 bits per heavy atom. The normalized spacial score (nSPS) is 12.5. The predicted molar refractivity (Wildman–Crippen MR) is 212 cm³/mol. The molecule has 3 aromatic rings. The van der Waals surface area contributed by atoms with Crippen molar-refractivity contribution in [1.82, 2.24) is 0 Å². The SMILES string of the molecule is CCCCCCCCC(N)CCCc1ccc(N(C(=O)c2cccc(C(N)=O)c2)c2ccc(CCCC(N)CCCCCCCC)cc2)cc1. The number of hydrogen-bond donors (Lipinski definition) is 3. The number of aryl methyl sites for hydroxylation is 2. The van der Waals surface area contributed by atoms with Crippen LogP contribution in [0.1, 0.15) is 161 Å². The predicted octanol–water partition coefficient (Wildman–Crippen LogP) is 10.6. The number of nitrogens with zero attached hydrogens (tertiary/aromatic N) is 1. The summed E-state index contributed by atoms with van der Waals surface area (Å²) < 4.78 is 0. The highest BCUT2D eigenvalue weighted by Crippen LogP contribution is 2.29. The smallest absolute Gasteiger partial charge is 0.262 e. The maximum absolute atomic E-state index is 14.1. The monoisotopic (exact) mass is 683 g/mol. The fourth-order valence-corrected chi connectivity index (χ4v) is 6.74. The molecule has 0 spiro atoms. The van der Waals surface area contributed by atoms with Gasteiger partial charge in [0.2, 0.25) is 5.91 Å². The number of rotatable bonds is 26. The Balaban J connectivity index is 1.61. The van der Waals surface area contributed by atoms with Crippen molar-refractivity contribution in [2.24, 2.45) is 17.2 Å². The molecule has 0 heterocycles. The number of amides is 2.